The number of hydrogen-bond donors (Lipinski definition) is 1. The highest BCUT2D eigenvalue weighted by Gasteiger charge is 2.08. The van der Waals surface area contributed by atoms with E-state index in [-0.39, 0.29) is 0 Å². The molecule has 0 atom stereocenters. The Balaban J connectivity index is 2.07. The van der Waals surface area contributed by atoms with Gasteiger partial charge in [0.15, 0.2) is 4.67 Å². The Morgan fingerprint density at radius 1 is 1.32 bits per heavy atom. The molecule has 0 saturated carbocycles. The SMILES string of the molecule is N#CC(=Cc1ccc(Br)o1)c1nc2ccccc2[nH]1. The second kappa shape index (κ2) is 4.75. The van der Waals surface area contributed by atoms with E-state index in [0.29, 0.717) is 21.8 Å². The third-order valence-corrected chi connectivity index (χ3v) is 3.07. The van der Waals surface area contributed by atoms with Crippen LogP contribution in [0.1, 0.15) is 11.6 Å². The zero-order chi connectivity index (χ0) is 13.2. The molecule has 0 fully saturated rings. The maximum atomic E-state index is 9.24. The Morgan fingerprint density at radius 3 is 2.84 bits per heavy atom. The third-order valence-electron chi connectivity index (χ3n) is 2.65. The van der Waals surface area contributed by atoms with Gasteiger partial charge in [0, 0.05) is 6.08 Å². The van der Waals surface area contributed by atoms with Gasteiger partial charge in [-0.05, 0) is 40.2 Å². The van der Waals surface area contributed by atoms with Gasteiger partial charge in [-0.15, -0.1) is 0 Å². The van der Waals surface area contributed by atoms with Gasteiger partial charge in [0.1, 0.15) is 17.7 Å². The van der Waals surface area contributed by atoms with Gasteiger partial charge in [-0.2, -0.15) is 5.26 Å². The van der Waals surface area contributed by atoms with Crippen LogP contribution in [0.25, 0.3) is 22.7 Å². The van der Waals surface area contributed by atoms with Crippen molar-refractivity contribution in [3.63, 3.8) is 0 Å². The van der Waals surface area contributed by atoms with E-state index < -0.39 is 0 Å². The quantitative estimate of drug-likeness (QED) is 0.728. The van der Waals surface area contributed by atoms with Crippen molar-refractivity contribution in [3.8, 4) is 6.07 Å². The van der Waals surface area contributed by atoms with Gasteiger partial charge in [0.2, 0.25) is 0 Å². The van der Waals surface area contributed by atoms with Crippen LogP contribution in [0.2, 0.25) is 0 Å². The van der Waals surface area contributed by atoms with E-state index >= 15 is 0 Å². The molecule has 19 heavy (non-hydrogen) atoms. The molecule has 0 radical (unpaired) electrons. The Kier molecular flexibility index (Phi) is 2.94. The lowest BCUT2D eigenvalue weighted by molar-refractivity contribution is 0.532. The van der Waals surface area contributed by atoms with Gasteiger partial charge in [-0.25, -0.2) is 4.98 Å². The highest BCUT2D eigenvalue weighted by atomic mass is 79.9. The van der Waals surface area contributed by atoms with Crippen molar-refractivity contribution in [2.45, 2.75) is 0 Å². The van der Waals surface area contributed by atoms with E-state index in [1.54, 1.807) is 18.2 Å². The number of para-hydroxylation sites is 2. The summed E-state index contributed by atoms with van der Waals surface area (Å²) in [4.78, 5) is 7.51. The number of aromatic amines is 1. The number of H-pyrrole nitrogens is 1. The number of nitrogens with zero attached hydrogens (tertiary/aromatic N) is 2. The van der Waals surface area contributed by atoms with Crippen molar-refractivity contribution in [1.82, 2.24) is 9.97 Å². The van der Waals surface area contributed by atoms with Gasteiger partial charge in [-0.3, -0.25) is 0 Å². The number of aromatic nitrogens is 2. The predicted molar refractivity (Wildman–Crippen MR) is 76.0 cm³/mol. The molecule has 2 heterocycles. The average molecular weight is 314 g/mol. The molecule has 3 rings (SSSR count). The van der Waals surface area contributed by atoms with Crippen LogP contribution < -0.4 is 0 Å². The molecule has 5 heteroatoms. The zero-order valence-corrected chi connectivity index (χ0v) is 11.3. The van der Waals surface area contributed by atoms with Gasteiger partial charge >= 0.3 is 0 Å². The summed E-state index contributed by atoms with van der Waals surface area (Å²) < 4.78 is 5.98. The number of imidazole rings is 1. The minimum absolute atomic E-state index is 0.429. The summed E-state index contributed by atoms with van der Waals surface area (Å²) in [6.45, 7) is 0. The van der Waals surface area contributed by atoms with Crippen molar-refractivity contribution in [3.05, 3.63) is 52.7 Å². The summed E-state index contributed by atoms with van der Waals surface area (Å²) in [6.07, 6.45) is 1.66. The molecule has 1 N–H and O–H groups in total. The van der Waals surface area contributed by atoms with Gasteiger partial charge in [0.25, 0.3) is 0 Å². The lowest BCUT2D eigenvalue weighted by Crippen LogP contribution is -1.83. The lowest BCUT2D eigenvalue weighted by Gasteiger charge is -1.91. The van der Waals surface area contributed by atoms with Crippen LogP contribution in [0, 0.1) is 11.3 Å². The zero-order valence-electron chi connectivity index (χ0n) is 9.72. The van der Waals surface area contributed by atoms with Crippen molar-refractivity contribution in [1.29, 1.82) is 5.26 Å². The summed E-state index contributed by atoms with van der Waals surface area (Å²) in [7, 11) is 0. The standard InChI is InChI=1S/C14H8BrN3O/c15-13-6-5-10(19-13)7-9(8-16)14-17-11-3-1-2-4-12(11)18-14/h1-7H,(H,17,18). The van der Waals surface area contributed by atoms with Crippen LogP contribution in [0.3, 0.4) is 0 Å². The number of furan rings is 1. The van der Waals surface area contributed by atoms with E-state index in [1.165, 1.54) is 0 Å². The van der Waals surface area contributed by atoms with E-state index in [2.05, 4.69) is 32.0 Å². The van der Waals surface area contributed by atoms with Crippen LogP contribution in [-0.4, -0.2) is 9.97 Å². The highest BCUT2D eigenvalue weighted by Crippen LogP contribution is 2.21. The fourth-order valence-electron chi connectivity index (χ4n) is 1.78. The van der Waals surface area contributed by atoms with Gasteiger partial charge in [-0.1, -0.05) is 12.1 Å². The monoisotopic (exact) mass is 313 g/mol. The van der Waals surface area contributed by atoms with Crippen LogP contribution in [0.4, 0.5) is 0 Å². The first-order chi connectivity index (χ1) is 9.26. The first-order valence-electron chi connectivity index (χ1n) is 5.58. The first kappa shape index (κ1) is 11.8. The second-order valence-corrected chi connectivity index (χ2v) is 4.70. The number of benzene rings is 1. The maximum Gasteiger partial charge on any atom is 0.169 e. The van der Waals surface area contributed by atoms with E-state index in [1.807, 2.05) is 24.3 Å². The molecule has 0 spiro atoms. The second-order valence-electron chi connectivity index (χ2n) is 3.91. The molecule has 0 bridgehead atoms. The van der Waals surface area contributed by atoms with Crippen molar-refractivity contribution in [2.75, 3.05) is 0 Å². The number of nitrogens with one attached hydrogen (secondary N) is 1. The highest BCUT2D eigenvalue weighted by molar-refractivity contribution is 9.10. The van der Waals surface area contributed by atoms with Crippen molar-refractivity contribution < 1.29 is 4.42 Å². The minimum atomic E-state index is 0.429. The number of nitriles is 1. The molecule has 3 aromatic rings. The van der Waals surface area contributed by atoms with Crippen LogP contribution >= 0.6 is 15.9 Å². The van der Waals surface area contributed by atoms with Gasteiger partial charge in [0.05, 0.1) is 16.6 Å². The molecular formula is C14H8BrN3O. The fourth-order valence-corrected chi connectivity index (χ4v) is 2.10. The molecular weight excluding hydrogens is 306 g/mol. The van der Waals surface area contributed by atoms with E-state index in [9.17, 15) is 5.26 Å². The Bertz CT molecular complexity index is 774. The Hall–Kier alpha value is -2.32. The number of halogens is 1. The number of fused-ring (bicyclic) bond motifs is 1. The average Bonchev–Trinajstić information content (AvgIpc) is 3.01. The van der Waals surface area contributed by atoms with Crippen molar-refractivity contribution >= 4 is 38.6 Å². The number of hydrogen-bond acceptors (Lipinski definition) is 3. The number of rotatable bonds is 2. The molecule has 0 saturated heterocycles. The summed E-state index contributed by atoms with van der Waals surface area (Å²) >= 11 is 3.23. The van der Waals surface area contributed by atoms with E-state index in [4.69, 9.17) is 4.42 Å². The Morgan fingerprint density at radius 2 is 2.16 bits per heavy atom. The molecule has 0 aliphatic carbocycles. The number of allylic oxidation sites excluding steroid dienone is 1. The van der Waals surface area contributed by atoms with Gasteiger partial charge < -0.3 is 9.40 Å². The summed E-state index contributed by atoms with van der Waals surface area (Å²) in [6, 6.07) is 13.3. The fraction of sp³-hybridized carbons (Fsp3) is 0. The smallest absolute Gasteiger partial charge is 0.169 e. The summed E-state index contributed by atoms with van der Waals surface area (Å²) in [5.74, 6) is 1.14. The molecule has 4 nitrogen and oxygen atoms in total. The topological polar surface area (TPSA) is 65.6 Å². The van der Waals surface area contributed by atoms with Crippen LogP contribution in [-0.2, 0) is 0 Å². The molecule has 0 unspecified atom stereocenters. The predicted octanol–water partition coefficient (Wildman–Crippen LogP) is 3.98. The summed E-state index contributed by atoms with van der Waals surface area (Å²) in [5.41, 5.74) is 2.16. The maximum absolute atomic E-state index is 9.24. The third kappa shape index (κ3) is 2.30. The minimum Gasteiger partial charge on any atom is -0.450 e. The molecule has 92 valence electrons. The molecule has 1 aromatic carbocycles. The summed E-state index contributed by atoms with van der Waals surface area (Å²) in [5, 5.41) is 9.24. The van der Waals surface area contributed by atoms with Crippen LogP contribution in [0.15, 0.2) is 45.5 Å². The lowest BCUT2D eigenvalue weighted by atomic mass is 10.2. The normalized spacial score (nSPS) is 11.7. The molecule has 0 aliphatic rings. The van der Waals surface area contributed by atoms with E-state index in [0.717, 1.165) is 11.0 Å². The molecule has 0 amide bonds. The molecule has 2 aromatic heterocycles. The molecule has 0 aliphatic heterocycles. The largest absolute Gasteiger partial charge is 0.450 e. The first-order valence-corrected chi connectivity index (χ1v) is 6.38. The van der Waals surface area contributed by atoms with Crippen LogP contribution in [0.5, 0.6) is 0 Å². The van der Waals surface area contributed by atoms with Crippen molar-refractivity contribution in [2.24, 2.45) is 0 Å². The Labute approximate surface area is 117 Å².